The van der Waals surface area contributed by atoms with Crippen molar-refractivity contribution in [3.63, 3.8) is 0 Å². The number of benzene rings is 2. The molecule has 0 spiro atoms. The molecule has 0 heterocycles. The van der Waals surface area contributed by atoms with Crippen LogP contribution in [-0.2, 0) is 22.4 Å². The smallest absolute Gasteiger partial charge is 0.244 e. The van der Waals surface area contributed by atoms with Crippen LogP contribution in [0.3, 0.4) is 0 Å². The van der Waals surface area contributed by atoms with Crippen LogP contribution in [-0.4, -0.2) is 54.8 Å². The summed E-state index contributed by atoms with van der Waals surface area (Å²) in [7, 11) is 0. The third-order valence-electron chi connectivity index (χ3n) is 5.41. The lowest BCUT2D eigenvalue weighted by Gasteiger charge is -2.31. The molecule has 1 atom stereocenters. The number of hydrogen-bond acceptors (Lipinski definition) is 4. The van der Waals surface area contributed by atoms with Gasteiger partial charge in [-0.2, -0.15) is 0 Å². The first-order valence-corrected chi connectivity index (χ1v) is 11.6. The number of carbonyl (C=O) groups excluding carboxylic acids is 2. The van der Waals surface area contributed by atoms with Crippen LogP contribution in [0.1, 0.15) is 37.3 Å². The highest BCUT2D eigenvalue weighted by molar-refractivity contribution is 5.89. The van der Waals surface area contributed by atoms with E-state index in [1.165, 1.54) is 5.56 Å². The Morgan fingerprint density at radius 1 is 0.970 bits per heavy atom. The third-order valence-corrected chi connectivity index (χ3v) is 5.41. The van der Waals surface area contributed by atoms with Crippen molar-refractivity contribution in [2.75, 3.05) is 26.2 Å². The molecule has 0 aliphatic heterocycles. The van der Waals surface area contributed by atoms with Crippen LogP contribution < -0.4 is 16.8 Å². The molecule has 2 rings (SSSR count). The predicted octanol–water partition coefficient (Wildman–Crippen LogP) is 2.29. The molecule has 0 aromatic heterocycles. The van der Waals surface area contributed by atoms with Gasteiger partial charge in [-0.1, -0.05) is 60.7 Å². The highest BCUT2D eigenvalue weighted by Crippen LogP contribution is 2.12. The highest BCUT2D eigenvalue weighted by atomic mass is 16.2. The van der Waals surface area contributed by atoms with Crippen molar-refractivity contribution >= 4 is 17.6 Å². The first-order chi connectivity index (χ1) is 16.0. The zero-order chi connectivity index (χ0) is 23.9. The molecule has 2 aromatic carbocycles. The molecular weight excluding hydrogens is 414 g/mol. The molecule has 0 saturated heterocycles. The quantitative estimate of drug-likeness (QED) is 0.232. The molecule has 0 radical (unpaired) electrons. The van der Waals surface area contributed by atoms with E-state index in [9.17, 15) is 9.59 Å². The van der Waals surface area contributed by atoms with Crippen molar-refractivity contribution in [3.8, 4) is 0 Å². The Bertz CT molecular complexity index is 867. The van der Waals surface area contributed by atoms with Gasteiger partial charge in [-0.25, -0.2) is 0 Å². The minimum Gasteiger partial charge on any atom is -0.388 e. The van der Waals surface area contributed by atoms with Crippen molar-refractivity contribution in [3.05, 3.63) is 71.8 Å². The van der Waals surface area contributed by atoms with Gasteiger partial charge in [0.15, 0.2) is 0 Å². The molecule has 33 heavy (non-hydrogen) atoms. The molecule has 7 heteroatoms. The molecule has 0 fully saturated rings. The SMILES string of the molecule is CC(N)=NCC(=O)N(CCc1ccccc1)[C@@H](CCCN)C(=O)NCCCc1ccccc1. The second-order valence-electron chi connectivity index (χ2n) is 8.11. The van der Waals surface area contributed by atoms with Crippen LogP contribution in [0.25, 0.3) is 0 Å². The molecule has 5 N–H and O–H groups in total. The zero-order valence-corrected chi connectivity index (χ0v) is 19.6. The minimum atomic E-state index is -0.588. The molecule has 0 aliphatic rings. The number of hydrogen-bond donors (Lipinski definition) is 3. The summed E-state index contributed by atoms with van der Waals surface area (Å²) in [5.41, 5.74) is 13.7. The number of amidine groups is 1. The summed E-state index contributed by atoms with van der Waals surface area (Å²) in [5, 5.41) is 3.03. The van der Waals surface area contributed by atoms with Crippen molar-refractivity contribution in [1.82, 2.24) is 10.2 Å². The van der Waals surface area contributed by atoms with E-state index in [-0.39, 0.29) is 18.4 Å². The largest absolute Gasteiger partial charge is 0.388 e. The molecule has 0 unspecified atom stereocenters. The average molecular weight is 452 g/mol. The van der Waals surface area contributed by atoms with E-state index in [0.29, 0.717) is 44.7 Å². The first kappa shape index (κ1) is 26.1. The lowest BCUT2D eigenvalue weighted by molar-refractivity contribution is -0.139. The fraction of sp³-hybridized carbons (Fsp3) is 0.423. The summed E-state index contributed by atoms with van der Waals surface area (Å²) in [6.45, 7) is 3.01. The van der Waals surface area contributed by atoms with E-state index in [1.807, 2.05) is 48.5 Å². The number of rotatable bonds is 14. The summed E-state index contributed by atoms with van der Waals surface area (Å²) in [4.78, 5) is 31.9. The molecule has 178 valence electrons. The molecule has 0 saturated carbocycles. The average Bonchev–Trinajstić information content (AvgIpc) is 2.83. The van der Waals surface area contributed by atoms with Gasteiger partial charge in [0.1, 0.15) is 12.6 Å². The number of carbonyl (C=O) groups is 2. The number of nitrogens with two attached hydrogens (primary N) is 2. The molecule has 2 amide bonds. The van der Waals surface area contributed by atoms with E-state index in [2.05, 4.69) is 22.4 Å². The van der Waals surface area contributed by atoms with E-state index in [0.717, 1.165) is 18.4 Å². The Labute approximate surface area is 197 Å². The summed E-state index contributed by atoms with van der Waals surface area (Å²) in [5.74, 6) is -0.0150. The monoisotopic (exact) mass is 451 g/mol. The van der Waals surface area contributed by atoms with Gasteiger partial charge in [-0.3, -0.25) is 14.6 Å². The maximum Gasteiger partial charge on any atom is 0.244 e. The van der Waals surface area contributed by atoms with E-state index >= 15 is 0 Å². The zero-order valence-electron chi connectivity index (χ0n) is 19.6. The lowest BCUT2D eigenvalue weighted by atomic mass is 10.1. The Hall–Kier alpha value is -3.19. The van der Waals surface area contributed by atoms with E-state index in [1.54, 1.807) is 11.8 Å². The number of nitrogens with zero attached hydrogens (tertiary/aromatic N) is 2. The molecular formula is C26H37N5O2. The van der Waals surface area contributed by atoms with Crippen LogP contribution in [0.4, 0.5) is 0 Å². The number of aryl methyl sites for hydroxylation is 1. The van der Waals surface area contributed by atoms with Crippen molar-refractivity contribution < 1.29 is 9.59 Å². The van der Waals surface area contributed by atoms with Crippen molar-refractivity contribution in [1.29, 1.82) is 0 Å². The summed E-state index contributed by atoms with van der Waals surface area (Å²) >= 11 is 0. The van der Waals surface area contributed by atoms with Gasteiger partial charge in [-0.15, -0.1) is 0 Å². The maximum atomic E-state index is 13.1. The van der Waals surface area contributed by atoms with Gasteiger partial charge in [0.25, 0.3) is 0 Å². The van der Waals surface area contributed by atoms with Gasteiger partial charge >= 0.3 is 0 Å². The predicted molar refractivity (Wildman–Crippen MR) is 134 cm³/mol. The third kappa shape index (κ3) is 9.87. The number of amides is 2. The normalized spacial score (nSPS) is 12.2. The summed E-state index contributed by atoms with van der Waals surface area (Å²) in [6, 6.07) is 19.5. The van der Waals surface area contributed by atoms with Gasteiger partial charge in [0.2, 0.25) is 11.8 Å². The summed E-state index contributed by atoms with van der Waals surface area (Å²) < 4.78 is 0. The molecule has 0 aliphatic carbocycles. The van der Waals surface area contributed by atoms with E-state index < -0.39 is 6.04 Å². The van der Waals surface area contributed by atoms with Crippen molar-refractivity contribution in [2.24, 2.45) is 16.5 Å². The number of aliphatic imine (C=N–C) groups is 1. The number of nitrogens with one attached hydrogen (secondary N) is 1. The van der Waals surface area contributed by atoms with Gasteiger partial charge in [-0.05, 0) is 56.7 Å². The fourth-order valence-electron chi connectivity index (χ4n) is 3.64. The van der Waals surface area contributed by atoms with Gasteiger partial charge < -0.3 is 21.7 Å². The van der Waals surface area contributed by atoms with Crippen LogP contribution in [0.5, 0.6) is 0 Å². The Kier molecular flexibility index (Phi) is 11.7. The Balaban J connectivity index is 2.06. The van der Waals surface area contributed by atoms with Crippen LogP contribution in [0, 0.1) is 0 Å². The minimum absolute atomic E-state index is 0.0719. The fourth-order valence-corrected chi connectivity index (χ4v) is 3.64. The van der Waals surface area contributed by atoms with Crippen LogP contribution in [0.15, 0.2) is 65.7 Å². The van der Waals surface area contributed by atoms with Crippen molar-refractivity contribution in [2.45, 2.75) is 45.1 Å². The molecule has 0 bridgehead atoms. The molecule has 7 nitrogen and oxygen atoms in total. The highest BCUT2D eigenvalue weighted by Gasteiger charge is 2.28. The van der Waals surface area contributed by atoms with Gasteiger partial charge in [0.05, 0.1) is 5.84 Å². The second kappa shape index (κ2) is 14.8. The van der Waals surface area contributed by atoms with Crippen LogP contribution >= 0.6 is 0 Å². The Morgan fingerprint density at radius 3 is 2.15 bits per heavy atom. The summed E-state index contributed by atoms with van der Waals surface area (Å²) in [6.07, 6.45) is 3.52. The standard InChI is InChI=1S/C26H37N5O2/c1-21(28)30-20-25(32)31(19-16-23-12-6-3-7-13-23)24(15-8-17-27)26(33)29-18-9-14-22-10-4-2-5-11-22/h2-7,10-13,24H,8-9,14-20,27H2,1H3,(H2,28,30)(H,29,33)/t24-/m0/s1. The van der Waals surface area contributed by atoms with Gasteiger partial charge in [0, 0.05) is 13.1 Å². The maximum absolute atomic E-state index is 13.1. The topological polar surface area (TPSA) is 114 Å². The molecule has 2 aromatic rings. The lowest BCUT2D eigenvalue weighted by Crippen LogP contribution is -2.51. The Morgan fingerprint density at radius 2 is 1.58 bits per heavy atom. The second-order valence-corrected chi connectivity index (χ2v) is 8.11. The van der Waals surface area contributed by atoms with E-state index in [4.69, 9.17) is 11.5 Å². The first-order valence-electron chi connectivity index (χ1n) is 11.6. The van der Waals surface area contributed by atoms with Crippen LogP contribution in [0.2, 0.25) is 0 Å².